The minimum absolute atomic E-state index is 0.818. The first-order chi connectivity index (χ1) is 6.27. The molecule has 3 heteroatoms. The minimum Gasteiger partial charge on any atom is -0.297 e. The number of hydrogen-bond acceptors (Lipinski definition) is 1. The number of H-pyrrole nitrogens is 1. The van der Waals surface area contributed by atoms with E-state index in [9.17, 15) is 0 Å². The summed E-state index contributed by atoms with van der Waals surface area (Å²) in [6.07, 6.45) is 0. The van der Waals surface area contributed by atoms with Crippen molar-refractivity contribution in [3.63, 3.8) is 0 Å². The SMILES string of the molecule is Cn1[nH]c(-c2ccccc2)cc1=S. The molecule has 0 bridgehead atoms. The van der Waals surface area contributed by atoms with Gasteiger partial charge < -0.3 is 0 Å². The zero-order chi connectivity index (χ0) is 9.26. The van der Waals surface area contributed by atoms with Gasteiger partial charge in [0.2, 0.25) is 0 Å². The molecule has 13 heavy (non-hydrogen) atoms. The Balaban J connectivity index is 2.54. The number of benzene rings is 1. The zero-order valence-corrected chi connectivity index (χ0v) is 8.14. The quantitative estimate of drug-likeness (QED) is 0.686. The molecule has 0 saturated carbocycles. The van der Waals surface area contributed by atoms with Crippen LogP contribution >= 0.6 is 12.2 Å². The van der Waals surface area contributed by atoms with Gasteiger partial charge in [0.15, 0.2) is 0 Å². The second-order valence-electron chi connectivity index (χ2n) is 2.93. The van der Waals surface area contributed by atoms with Crippen LogP contribution in [0.2, 0.25) is 0 Å². The van der Waals surface area contributed by atoms with Crippen molar-refractivity contribution in [3.05, 3.63) is 41.0 Å². The van der Waals surface area contributed by atoms with Crippen LogP contribution in [0.5, 0.6) is 0 Å². The van der Waals surface area contributed by atoms with Gasteiger partial charge in [-0.2, -0.15) is 0 Å². The van der Waals surface area contributed by atoms with Gasteiger partial charge in [-0.25, -0.2) is 0 Å². The smallest absolute Gasteiger partial charge is 0.122 e. The fraction of sp³-hybridized carbons (Fsp3) is 0.100. The molecule has 2 rings (SSSR count). The number of aromatic amines is 1. The predicted molar refractivity (Wildman–Crippen MR) is 56.0 cm³/mol. The normalized spacial score (nSPS) is 10.2. The van der Waals surface area contributed by atoms with Crippen LogP contribution < -0.4 is 0 Å². The molecule has 1 aromatic carbocycles. The Morgan fingerprint density at radius 2 is 1.92 bits per heavy atom. The monoisotopic (exact) mass is 190 g/mol. The number of aryl methyl sites for hydroxylation is 1. The lowest BCUT2D eigenvalue weighted by atomic mass is 10.2. The Morgan fingerprint density at radius 3 is 2.46 bits per heavy atom. The topological polar surface area (TPSA) is 20.7 Å². The molecule has 1 N–H and O–H groups in total. The summed E-state index contributed by atoms with van der Waals surface area (Å²) in [6, 6.07) is 12.1. The van der Waals surface area contributed by atoms with Gasteiger partial charge in [-0.3, -0.25) is 9.78 Å². The van der Waals surface area contributed by atoms with E-state index < -0.39 is 0 Å². The van der Waals surface area contributed by atoms with Gasteiger partial charge in [0.05, 0.1) is 5.69 Å². The van der Waals surface area contributed by atoms with Crippen LogP contribution in [0.3, 0.4) is 0 Å². The molecule has 0 unspecified atom stereocenters. The molecule has 66 valence electrons. The zero-order valence-electron chi connectivity index (χ0n) is 7.32. The summed E-state index contributed by atoms with van der Waals surface area (Å²) in [6.45, 7) is 0. The summed E-state index contributed by atoms with van der Waals surface area (Å²) < 4.78 is 2.65. The third kappa shape index (κ3) is 1.55. The Labute approximate surface area is 81.8 Å². The van der Waals surface area contributed by atoms with Crippen LogP contribution in [0.15, 0.2) is 36.4 Å². The highest BCUT2D eigenvalue weighted by Crippen LogP contribution is 2.15. The number of nitrogens with zero attached hydrogens (tertiary/aromatic N) is 1. The molecule has 0 radical (unpaired) electrons. The minimum atomic E-state index is 0.818. The van der Waals surface area contributed by atoms with Crippen molar-refractivity contribution in [3.8, 4) is 11.3 Å². The summed E-state index contributed by atoms with van der Waals surface area (Å²) >= 11 is 5.11. The van der Waals surface area contributed by atoms with Gasteiger partial charge in [-0.05, 0) is 11.6 Å². The number of rotatable bonds is 1. The highest BCUT2D eigenvalue weighted by Gasteiger charge is 1.98. The fourth-order valence-electron chi connectivity index (χ4n) is 1.25. The maximum atomic E-state index is 5.11. The Hall–Kier alpha value is -1.35. The number of nitrogens with one attached hydrogen (secondary N) is 1. The van der Waals surface area contributed by atoms with Crippen LogP contribution in [0.25, 0.3) is 11.3 Å². The van der Waals surface area contributed by atoms with Gasteiger partial charge in [-0.15, -0.1) is 0 Å². The lowest BCUT2D eigenvalue weighted by molar-refractivity contribution is 0.760. The Kier molecular flexibility index (Phi) is 2.02. The summed E-state index contributed by atoms with van der Waals surface area (Å²) in [5.74, 6) is 0. The summed E-state index contributed by atoms with van der Waals surface area (Å²) in [5, 5.41) is 3.17. The molecule has 0 spiro atoms. The molecule has 0 aliphatic rings. The van der Waals surface area contributed by atoms with Gasteiger partial charge >= 0.3 is 0 Å². The molecule has 0 aliphatic heterocycles. The molecule has 0 atom stereocenters. The first-order valence-corrected chi connectivity index (χ1v) is 4.49. The van der Waals surface area contributed by atoms with Crippen LogP contribution in [-0.2, 0) is 7.05 Å². The average Bonchev–Trinajstić information content (AvgIpc) is 2.49. The van der Waals surface area contributed by atoms with Gasteiger partial charge in [-0.1, -0.05) is 42.5 Å². The van der Waals surface area contributed by atoms with Crippen molar-refractivity contribution in [1.82, 2.24) is 9.78 Å². The molecule has 0 fully saturated rings. The van der Waals surface area contributed by atoms with Crippen molar-refractivity contribution in [1.29, 1.82) is 0 Å². The van der Waals surface area contributed by atoms with Gasteiger partial charge in [0, 0.05) is 7.05 Å². The van der Waals surface area contributed by atoms with Crippen molar-refractivity contribution in [2.24, 2.45) is 7.05 Å². The van der Waals surface area contributed by atoms with Crippen molar-refractivity contribution in [2.45, 2.75) is 0 Å². The highest BCUT2D eigenvalue weighted by atomic mass is 32.1. The molecule has 1 heterocycles. The third-order valence-corrected chi connectivity index (χ3v) is 2.36. The lowest BCUT2D eigenvalue weighted by Crippen LogP contribution is -1.89. The van der Waals surface area contributed by atoms with E-state index in [1.165, 1.54) is 0 Å². The summed E-state index contributed by atoms with van der Waals surface area (Å²) in [7, 11) is 1.91. The molecule has 0 saturated heterocycles. The van der Waals surface area contributed by atoms with E-state index in [1.807, 2.05) is 36.0 Å². The molecular formula is C10H10N2S. The van der Waals surface area contributed by atoms with E-state index in [-0.39, 0.29) is 0 Å². The van der Waals surface area contributed by atoms with Gasteiger partial charge in [0.25, 0.3) is 0 Å². The van der Waals surface area contributed by atoms with Crippen molar-refractivity contribution < 1.29 is 0 Å². The average molecular weight is 190 g/mol. The summed E-state index contributed by atoms with van der Waals surface area (Å²) in [5.41, 5.74) is 2.22. The Morgan fingerprint density at radius 1 is 1.23 bits per heavy atom. The van der Waals surface area contributed by atoms with E-state index >= 15 is 0 Å². The van der Waals surface area contributed by atoms with E-state index in [0.717, 1.165) is 15.9 Å². The maximum absolute atomic E-state index is 5.11. The molecule has 2 aromatic rings. The second-order valence-corrected chi connectivity index (χ2v) is 3.35. The standard InChI is InChI=1S/C10H10N2S/c1-12-10(13)7-9(11-12)8-5-3-2-4-6-8/h2-7,11H,1H3. The Bertz CT molecular complexity index is 453. The molecule has 1 aromatic heterocycles. The van der Waals surface area contributed by atoms with E-state index in [2.05, 4.69) is 17.2 Å². The van der Waals surface area contributed by atoms with E-state index in [1.54, 1.807) is 0 Å². The largest absolute Gasteiger partial charge is 0.297 e. The van der Waals surface area contributed by atoms with Crippen LogP contribution in [0, 0.1) is 4.64 Å². The molecular weight excluding hydrogens is 180 g/mol. The summed E-state index contributed by atoms with van der Waals surface area (Å²) in [4.78, 5) is 0. The maximum Gasteiger partial charge on any atom is 0.122 e. The first-order valence-electron chi connectivity index (χ1n) is 4.09. The van der Waals surface area contributed by atoms with Crippen molar-refractivity contribution >= 4 is 12.2 Å². The van der Waals surface area contributed by atoms with Gasteiger partial charge in [0.1, 0.15) is 4.64 Å². The second kappa shape index (κ2) is 3.18. The lowest BCUT2D eigenvalue weighted by Gasteiger charge is -1.95. The van der Waals surface area contributed by atoms with E-state index in [0.29, 0.717) is 0 Å². The van der Waals surface area contributed by atoms with Crippen LogP contribution in [0.1, 0.15) is 0 Å². The van der Waals surface area contributed by atoms with E-state index in [4.69, 9.17) is 12.2 Å². The predicted octanol–water partition coefficient (Wildman–Crippen LogP) is 2.75. The molecule has 2 nitrogen and oxygen atoms in total. The molecule has 0 amide bonds. The molecule has 0 aliphatic carbocycles. The first kappa shape index (κ1) is 8.26. The number of hydrogen-bond donors (Lipinski definition) is 1. The van der Waals surface area contributed by atoms with Crippen LogP contribution in [-0.4, -0.2) is 9.78 Å². The van der Waals surface area contributed by atoms with Crippen LogP contribution in [0.4, 0.5) is 0 Å². The number of aromatic nitrogens is 2. The highest BCUT2D eigenvalue weighted by molar-refractivity contribution is 7.71. The third-order valence-electron chi connectivity index (χ3n) is 1.97. The fourth-order valence-corrected chi connectivity index (χ4v) is 1.42. The van der Waals surface area contributed by atoms with Crippen molar-refractivity contribution in [2.75, 3.05) is 0 Å².